The number of carbonyl (C=O) groups is 1. The van der Waals surface area contributed by atoms with E-state index < -0.39 is 5.82 Å². The van der Waals surface area contributed by atoms with E-state index in [1.807, 2.05) is 6.07 Å². The lowest BCUT2D eigenvalue weighted by Gasteiger charge is -2.06. The predicted molar refractivity (Wildman–Crippen MR) is 94.2 cm³/mol. The fourth-order valence-electron chi connectivity index (χ4n) is 2.36. The average Bonchev–Trinajstić information content (AvgIpc) is 3.01. The van der Waals surface area contributed by atoms with Crippen LogP contribution in [-0.4, -0.2) is 23.0 Å². The van der Waals surface area contributed by atoms with Gasteiger partial charge in [-0.2, -0.15) is 0 Å². The molecule has 0 saturated heterocycles. The number of amides is 1. The Morgan fingerprint density at radius 3 is 2.88 bits per heavy atom. The standard InChI is InChI=1S/C18H16FN3O2S/c1-11-16(17(23)21-10-12-5-4-8-20-9-12)22-18(25-11)15-13(19)6-3-7-14(15)24-2/h3-9H,10H2,1-2H3,(H,21,23). The topological polar surface area (TPSA) is 64.1 Å². The first kappa shape index (κ1) is 17.0. The third kappa shape index (κ3) is 3.66. The molecular weight excluding hydrogens is 341 g/mol. The molecule has 0 aliphatic heterocycles. The van der Waals surface area contributed by atoms with E-state index in [2.05, 4.69) is 15.3 Å². The maximum absolute atomic E-state index is 14.2. The van der Waals surface area contributed by atoms with Gasteiger partial charge in [0.25, 0.3) is 5.91 Å². The van der Waals surface area contributed by atoms with E-state index in [0.717, 1.165) is 5.56 Å². The summed E-state index contributed by atoms with van der Waals surface area (Å²) in [6.07, 6.45) is 3.35. The van der Waals surface area contributed by atoms with Crippen molar-refractivity contribution in [1.29, 1.82) is 0 Å². The van der Waals surface area contributed by atoms with Crippen LogP contribution in [0.2, 0.25) is 0 Å². The number of nitrogens with zero attached hydrogens (tertiary/aromatic N) is 2. The van der Waals surface area contributed by atoms with E-state index in [0.29, 0.717) is 22.2 Å². The van der Waals surface area contributed by atoms with Crippen molar-refractivity contribution in [2.24, 2.45) is 0 Å². The number of hydrogen-bond donors (Lipinski definition) is 1. The molecule has 1 N–H and O–H groups in total. The third-order valence-corrected chi connectivity index (χ3v) is 4.58. The number of carbonyl (C=O) groups excluding carboxylic acids is 1. The number of nitrogens with one attached hydrogen (secondary N) is 1. The molecule has 0 fully saturated rings. The second-order valence-corrected chi connectivity index (χ2v) is 6.49. The summed E-state index contributed by atoms with van der Waals surface area (Å²) in [6.45, 7) is 2.13. The number of ether oxygens (including phenoxy) is 1. The Hall–Kier alpha value is -2.80. The Morgan fingerprint density at radius 2 is 2.16 bits per heavy atom. The van der Waals surface area contributed by atoms with Gasteiger partial charge in [-0.1, -0.05) is 12.1 Å². The average molecular weight is 357 g/mol. The van der Waals surface area contributed by atoms with Crippen molar-refractivity contribution in [2.45, 2.75) is 13.5 Å². The first-order valence-electron chi connectivity index (χ1n) is 7.57. The van der Waals surface area contributed by atoms with Crippen LogP contribution in [0.4, 0.5) is 4.39 Å². The molecule has 0 aliphatic rings. The van der Waals surface area contributed by atoms with Crippen LogP contribution in [0, 0.1) is 12.7 Å². The molecular formula is C18H16FN3O2S. The fraction of sp³-hybridized carbons (Fsp3) is 0.167. The molecule has 1 aromatic carbocycles. The summed E-state index contributed by atoms with van der Waals surface area (Å²) < 4.78 is 19.4. The second-order valence-electron chi connectivity index (χ2n) is 5.28. The molecule has 0 saturated carbocycles. The maximum atomic E-state index is 14.2. The lowest BCUT2D eigenvalue weighted by molar-refractivity contribution is 0.0946. The normalized spacial score (nSPS) is 10.5. The zero-order valence-corrected chi connectivity index (χ0v) is 14.6. The number of benzene rings is 1. The lowest BCUT2D eigenvalue weighted by atomic mass is 10.2. The van der Waals surface area contributed by atoms with E-state index in [9.17, 15) is 9.18 Å². The molecule has 0 bridgehead atoms. The summed E-state index contributed by atoms with van der Waals surface area (Å²) in [7, 11) is 1.47. The Kier molecular flexibility index (Phi) is 5.04. The van der Waals surface area contributed by atoms with Crippen LogP contribution in [0.1, 0.15) is 20.9 Å². The van der Waals surface area contributed by atoms with Crippen LogP contribution >= 0.6 is 11.3 Å². The van der Waals surface area contributed by atoms with E-state index in [-0.39, 0.29) is 17.2 Å². The van der Waals surface area contributed by atoms with Gasteiger partial charge in [-0.05, 0) is 30.7 Å². The molecule has 1 amide bonds. The van der Waals surface area contributed by atoms with Gasteiger partial charge < -0.3 is 10.1 Å². The van der Waals surface area contributed by atoms with Crippen molar-refractivity contribution < 1.29 is 13.9 Å². The SMILES string of the molecule is COc1cccc(F)c1-c1nc(C(=O)NCc2cccnc2)c(C)s1. The molecule has 0 unspecified atom stereocenters. The van der Waals surface area contributed by atoms with E-state index >= 15 is 0 Å². The largest absolute Gasteiger partial charge is 0.496 e. The Balaban J connectivity index is 1.84. The van der Waals surface area contributed by atoms with Crippen LogP contribution in [0.5, 0.6) is 5.75 Å². The number of halogens is 1. The van der Waals surface area contributed by atoms with Crippen LogP contribution < -0.4 is 10.1 Å². The molecule has 0 aliphatic carbocycles. The molecule has 2 heterocycles. The Labute approximate surface area is 148 Å². The zero-order chi connectivity index (χ0) is 17.8. The highest BCUT2D eigenvalue weighted by Gasteiger charge is 2.20. The van der Waals surface area contributed by atoms with E-state index in [1.165, 1.54) is 24.5 Å². The first-order valence-corrected chi connectivity index (χ1v) is 8.39. The van der Waals surface area contributed by atoms with Gasteiger partial charge in [0.1, 0.15) is 22.3 Å². The van der Waals surface area contributed by atoms with Gasteiger partial charge in [-0.25, -0.2) is 9.37 Å². The second kappa shape index (κ2) is 7.40. The van der Waals surface area contributed by atoms with Crippen LogP contribution in [0.25, 0.3) is 10.6 Å². The van der Waals surface area contributed by atoms with Gasteiger partial charge in [-0.3, -0.25) is 9.78 Å². The van der Waals surface area contributed by atoms with Crippen molar-refractivity contribution in [1.82, 2.24) is 15.3 Å². The minimum Gasteiger partial charge on any atom is -0.496 e. The van der Waals surface area contributed by atoms with Gasteiger partial charge in [-0.15, -0.1) is 11.3 Å². The minimum atomic E-state index is -0.435. The first-order chi connectivity index (χ1) is 12.1. The molecule has 3 rings (SSSR count). The van der Waals surface area contributed by atoms with Gasteiger partial charge in [0.2, 0.25) is 0 Å². The van der Waals surface area contributed by atoms with Gasteiger partial charge in [0.15, 0.2) is 0 Å². The molecule has 128 valence electrons. The molecule has 7 heteroatoms. The molecule has 25 heavy (non-hydrogen) atoms. The molecule has 0 spiro atoms. The summed E-state index contributed by atoms with van der Waals surface area (Å²) in [4.78, 5) is 21.5. The van der Waals surface area contributed by atoms with Crippen molar-refractivity contribution >= 4 is 17.2 Å². The summed E-state index contributed by atoms with van der Waals surface area (Å²) in [6, 6.07) is 8.25. The smallest absolute Gasteiger partial charge is 0.271 e. The quantitative estimate of drug-likeness (QED) is 0.758. The van der Waals surface area contributed by atoms with Crippen molar-refractivity contribution in [2.75, 3.05) is 7.11 Å². The molecule has 3 aromatic rings. The van der Waals surface area contributed by atoms with Crippen molar-refractivity contribution in [3.63, 3.8) is 0 Å². The van der Waals surface area contributed by atoms with Crippen molar-refractivity contribution in [3.8, 4) is 16.3 Å². The number of aromatic nitrogens is 2. The number of methoxy groups -OCH3 is 1. The number of aryl methyl sites for hydroxylation is 1. The summed E-state index contributed by atoms with van der Waals surface area (Å²) in [5, 5.41) is 3.22. The predicted octanol–water partition coefficient (Wildman–Crippen LogP) is 3.59. The number of thiazole rings is 1. The van der Waals surface area contributed by atoms with Crippen molar-refractivity contribution in [3.05, 3.63) is 64.7 Å². The van der Waals surface area contributed by atoms with Gasteiger partial charge >= 0.3 is 0 Å². The van der Waals surface area contributed by atoms with Crippen LogP contribution in [0.3, 0.4) is 0 Å². The number of hydrogen-bond acceptors (Lipinski definition) is 5. The fourth-order valence-corrected chi connectivity index (χ4v) is 3.33. The Bertz CT molecular complexity index is 897. The molecule has 0 radical (unpaired) electrons. The minimum absolute atomic E-state index is 0.268. The third-order valence-electron chi connectivity index (χ3n) is 3.60. The maximum Gasteiger partial charge on any atom is 0.271 e. The molecule has 0 atom stereocenters. The van der Waals surface area contributed by atoms with E-state index in [4.69, 9.17) is 4.74 Å². The summed E-state index contributed by atoms with van der Waals surface area (Å²) >= 11 is 1.26. The molecule has 2 aromatic heterocycles. The molecule has 5 nitrogen and oxygen atoms in total. The summed E-state index contributed by atoms with van der Waals surface area (Å²) in [5.74, 6) is -0.356. The number of pyridine rings is 1. The van der Waals surface area contributed by atoms with E-state index in [1.54, 1.807) is 37.5 Å². The zero-order valence-electron chi connectivity index (χ0n) is 13.7. The summed E-state index contributed by atoms with van der Waals surface area (Å²) in [5.41, 5.74) is 1.44. The van der Waals surface area contributed by atoms with Crippen LogP contribution in [-0.2, 0) is 6.54 Å². The lowest BCUT2D eigenvalue weighted by Crippen LogP contribution is -2.23. The highest BCUT2D eigenvalue weighted by atomic mass is 32.1. The highest BCUT2D eigenvalue weighted by Crippen LogP contribution is 2.36. The number of rotatable bonds is 5. The highest BCUT2D eigenvalue weighted by molar-refractivity contribution is 7.15. The van der Waals surface area contributed by atoms with Gasteiger partial charge in [0, 0.05) is 23.8 Å². The van der Waals surface area contributed by atoms with Gasteiger partial charge in [0.05, 0.1) is 12.7 Å². The van der Waals surface area contributed by atoms with Crippen LogP contribution in [0.15, 0.2) is 42.7 Å². The monoisotopic (exact) mass is 357 g/mol. The Morgan fingerprint density at radius 1 is 1.32 bits per heavy atom.